The van der Waals surface area contributed by atoms with E-state index in [1.54, 1.807) is 24.3 Å². The quantitative estimate of drug-likeness (QED) is 0.797. The molecule has 1 aromatic carbocycles. The van der Waals surface area contributed by atoms with Gasteiger partial charge < -0.3 is 15.3 Å². The fourth-order valence-corrected chi connectivity index (χ4v) is 2.50. The third kappa shape index (κ3) is 3.24. The van der Waals surface area contributed by atoms with E-state index >= 15 is 0 Å². The lowest BCUT2D eigenvalue weighted by molar-refractivity contribution is -0.155. The molecule has 2 atom stereocenters. The van der Waals surface area contributed by atoms with Gasteiger partial charge in [-0.1, -0.05) is 28.1 Å². The third-order valence-electron chi connectivity index (χ3n) is 3.42. The van der Waals surface area contributed by atoms with Gasteiger partial charge in [0.15, 0.2) is 0 Å². The molecule has 21 heavy (non-hydrogen) atoms. The molecule has 2 amide bonds. The topological polar surface area (TPSA) is 86.7 Å². The predicted octanol–water partition coefficient (Wildman–Crippen LogP) is 1.17. The highest BCUT2D eigenvalue weighted by Gasteiger charge is 2.37. The largest absolute Gasteiger partial charge is 0.481 e. The summed E-state index contributed by atoms with van der Waals surface area (Å²) in [4.78, 5) is 36.7. The van der Waals surface area contributed by atoms with Crippen molar-refractivity contribution in [2.45, 2.75) is 13.0 Å². The minimum atomic E-state index is -1.19. The molecule has 1 aliphatic heterocycles. The van der Waals surface area contributed by atoms with E-state index in [-0.39, 0.29) is 5.91 Å². The molecule has 112 valence electrons. The SMILES string of the molecule is CC(C(=O)O)C(=O)N1CCNC(=O)C1c1ccc(Br)cc1. The number of carbonyl (C=O) groups is 3. The number of carboxylic acid groups (broad SMARTS) is 1. The smallest absolute Gasteiger partial charge is 0.315 e. The average Bonchev–Trinajstić information content (AvgIpc) is 2.46. The first kappa shape index (κ1) is 15.5. The molecule has 1 aliphatic rings. The highest BCUT2D eigenvalue weighted by molar-refractivity contribution is 9.10. The number of amides is 2. The molecular weight excluding hydrogens is 340 g/mol. The van der Waals surface area contributed by atoms with E-state index in [2.05, 4.69) is 21.2 Å². The zero-order valence-corrected chi connectivity index (χ0v) is 13.0. The second kappa shape index (κ2) is 6.26. The molecule has 2 rings (SSSR count). The van der Waals surface area contributed by atoms with Crippen molar-refractivity contribution >= 4 is 33.7 Å². The van der Waals surface area contributed by atoms with E-state index in [1.165, 1.54) is 11.8 Å². The Labute approximate surface area is 130 Å². The van der Waals surface area contributed by atoms with E-state index in [0.29, 0.717) is 18.7 Å². The molecule has 0 radical (unpaired) electrons. The van der Waals surface area contributed by atoms with Crippen LogP contribution in [0.5, 0.6) is 0 Å². The number of benzene rings is 1. The number of rotatable bonds is 3. The monoisotopic (exact) mass is 354 g/mol. The van der Waals surface area contributed by atoms with Crippen LogP contribution in [-0.2, 0) is 14.4 Å². The van der Waals surface area contributed by atoms with Crippen LogP contribution in [0.15, 0.2) is 28.7 Å². The van der Waals surface area contributed by atoms with E-state index in [0.717, 1.165) is 4.47 Å². The molecule has 1 fully saturated rings. The van der Waals surface area contributed by atoms with Gasteiger partial charge in [-0.3, -0.25) is 14.4 Å². The van der Waals surface area contributed by atoms with Crippen molar-refractivity contribution in [3.63, 3.8) is 0 Å². The Bertz CT molecular complexity index is 573. The summed E-state index contributed by atoms with van der Waals surface area (Å²) in [5.74, 6) is -3.21. The molecule has 0 aliphatic carbocycles. The highest BCUT2D eigenvalue weighted by atomic mass is 79.9. The summed E-state index contributed by atoms with van der Waals surface area (Å²) in [7, 11) is 0. The van der Waals surface area contributed by atoms with Gasteiger partial charge in [-0.05, 0) is 24.6 Å². The maximum Gasteiger partial charge on any atom is 0.315 e. The van der Waals surface area contributed by atoms with Crippen LogP contribution in [0, 0.1) is 5.92 Å². The fraction of sp³-hybridized carbons (Fsp3) is 0.357. The van der Waals surface area contributed by atoms with Crippen LogP contribution >= 0.6 is 15.9 Å². The average molecular weight is 355 g/mol. The van der Waals surface area contributed by atoms with Crippen LogP contribution in [0.2, 0.25) is 0 Å². The Kier molecular flexibility index (Phi) is 4.62. The molecule has 1 aromatic rings. The predicted molar refractivity (Wildman–Crippen MR) is 78.4 cm³/mol. The van der Waals surface area contributed by atoms with Crippen molar-refractivity contribution in [2.24, 2.45) is 5.92 Å². The molecule has 2 N–H and O–H groups in total. The van der Waals surface area contributed by atoms with Crippen LogP contribution in [0.25, 0.3) is 0 Å². The molecule has 1 heterocycles. The number of carboxylic acids is 1. The van der Waals surface area contributed by atoms with Gasteiger partial charge in [0.25, 0.3) is 0 Å². The second-order valence-corrected chi connectivity index (χ2v) is 5.75. The summed E-state index contributed by atoms with van der Waals surface area (Å²) in [6, 6.07) is 6.25. The van der Waals surface area contributed by atoms with Crippen LogP contribution in [0.4, 0.5) is 0 Å². The molecule has 2 unspecified atom stereocenters. The molecular formula is C14H15BrN2O4. The van der Waals surface area contributed by atoms with Gasteiger partial charge in [0.05, 0.1) is 0 Å². The van der Waals surface area contributed by atoms with Gasteiger partial charge in [0.2, 0.25) is 11.8 Å². The first-order valence-corrected chi connectivity index (χ1v) is 7.27. The normalized spacial score (nSPS) is 19.8. The number of nitrogens with zero attached hydrogens (tertiary/aromatic N) is 1. The van der Waals surface area contributed by atoms with Crippen molar-refractivity contribution in [1.82, 2.24) is 10.2 Å². The lowest BCUT2D eigenvalue weighted by Gasteiger charge is -2.36. The van der Waals surface area contributed by atoms with E-state index in [9.17, 15) is 14.4 Å². The van der Waals surface area contributed by atoms with Crippen molar-refractivity contribution in [3.05, 3.63) is 34.3 Å². The fourth-order valence-electron chi connectivity index (χ4n) is 2.24. The number of carbonyl (C=O) groups excluding carboxylic acids is 2. The summed E-state index contributed by atoms with van der Waals surface area (Å²) in [5, 5.41) is 11.7. The number of aliphatic carboxylic acids is 1. The van der Waals surface area contributed by atoms with Crippen LogP contribution in [0.1, 0.15) is 18.5 Å². The summed E-state index contributed by atoms with van der Waals surface area (Å²) in [6.45, 7) is 1.95. The number of hydrogen-bond acceptors (Lipinski definition) is 3. The molecule has 0 spiro atoms. The third-order valence-corrected chi connectivity index (χ3v) is 3.95. The lowest BCUT2D eigenvalue weighted by Crippen LogP contribution is -2.54. The Balaban J connectivity index is 2.33. The van der Waals surface area contributed by atoms with Crippen molar-refractivity contribution < 1.29 is 19.5 Å². The van der Waals surface area contributed by atoms with Gasteiger partial charge in [-0.15, -0.1) is 0 Å². The minimum Gasteiger partial charge on any atom is -0.481 e. The second-order valence-electron chi connectivity index (χ2n) is 4.84. The van der Waals surface area contributed by atoms with Gasteiger partial charge in [-0.2, -0.15) is 0 Å². The zero-order chi connectivity index (χ0) is 15.6. The van der Waals surface area contributed by atoms with Crippen LogP contribution < -0.4 is 5.32 Å². The van der Waals surface area contributed by atoms with Gasteiger partial charge >= 0.3 is 5.97 Å². The molecule has 0 bridgehead atoms. The standard InChI is InChI=1S/C14H15BrN2O4/c1-8(14(20)21)13(19)17-7-6-16-12(18)11(17)9-2-4-10(15)5-3-9/h2-5,8,11H,6-7H2,1H3,(H,16,18)(H,20,21). The van der Waals surface area contributed by atoms with Crippen LogP contribution in [0.3, 0.4) is 0 Å². The zero-order valence-electron chi connectivity index (χ0n) is 11.4. The van der Waals surface area contributed by atoms with Gasteiger partial charge in [0, 0.05) is 17.6 Å². The Hall–Kier alpha value is -1.89. The molecule has 7 heteroatoms. The Morgan fingerprint density at radius 1 is 1.38 bits per heavy atom. The van der Waals surface area contributed by atoms with Crippen LogP contribution in [-0.4, -0.2) is 40.9 Å². The maximum atomic E-state index is 12.3. The summed E-state index contributed by atoms with van der Waals surface area (Å²) in [5.41, 5.74) is 0.654. The summed E-state index contributed by atoms with van der Waals surface area (Å²) < 4.78 is 0.860. The summed E-state index contributed by atoms with van der Waals surface area (Å²) in [6.07, 6.45) is 0. The number of piperazine rings is 1. The molecule has 1 saturated heterocycles. The first-order chi connectivity index (χ1) is 9.91. The highest BCUT2D eigenvalue weighted by Crippen LogP contribution is 2.26. The van der Waals surface area contributed by atoms with E-state index in [4.69, 9.17) is 5.11 Å². The van der Waals surface area contributed by atoms with Gasteiger partial charge in [-0.25, -0.2) is 0 Å². The lowest BCUT2D eigenvalue weighted by atomic mass is 10.00. The Morgan fingerprint density at radius 3 is 2.57 bits per heavy atom. The minimum absolute atomic E-state index is 0.295. The molecule has 6 nitrogen and oxygen atoms in total. The number of hydrogen-bond donors (Lipinski definition) is 2. The number of nitrogens with one attached hydrogen (secondary N) is 1. The van der Waals surface area contributed by atoms with E-state index < -0.39 is 23.8 Å². The van der Waals surface area contributed by atoms with E-state index in [1.807, 2.05) is 0 Å². The molecule has 0 aromatic heterocycles. The first-order valence-electron chi connectivity index (χ1n) is 6.48. The van der Waals surface area contributed by atoms with Crippen molar-refractivity contribution in [2.75, 3.05) is 13.1 Å². The molecule has 0 saturated carbocycles. The van der Waals surface area contributed by atoms with Gasteiger partial charge in [0.1, 0.15) is 12.0 Å². The number of halogens is 1. The van der Waals surface area contributed by atoms with Crippen molar-refractivity contribution in [3.8, 4) is 0 Å². The Morgan fingerprint density at radius 2 is 2.00 bits per heavy atom. The summed E-state index contributed by atoms with van der Waals surface area (Å²) >= 11 is 3.31. The van der Waals surface area contributed by atoms with Crippen molar-refractivity contribution in [1.29, 1.82) is 0 Å². The maximum absolute atomic E-state index is 12.3.